The fraction of sp³-hybridized carbons (Fsp3) is 0.737. The highest BCUT2D eigenvalue weighted by atomic mass is 16.8. The Morgan fingerprint density at radius 3 is 0.906 bits per heavy atom. The van der Waals surface area contributed by atoms with Crippen LogP contribution in [0.25, 0.3) is 0 Å². The molecule has 15 atom stereocenters. The lowest BCUT2D eigenvalue weighted by molar-refractivity contribution is -0.391. The van der Waals surface area contributed by atoms with Crippen LogP contribution in [0.15, 0.2) is 0 Å². The Morgan fingerprint density at radius 1 is 0.328 bits per heavy atom. The fourth-order valence-electron chi connectivity index (χ4n) is 6.77. The number of carbonyl (C=O) groups is 10. The number of rotatable bonds is 17. The van der Waals surface area contributed by atoms with E-state index in [0.29, 0.717) is 0 Å². The number of carbonyl (C=O) groups excluding carboxylic acids is 10. The van der Waals surface area contributed by atoms with Crippen molar-refractivity contribution < 1.29 is 124 Å². The van der Waals surface area contributed by atoms with Crippen LogP contribution in [-0.4, -0.2) is 177 Å². The predicted molar refractivity (Wildman–Crippen MR) is 197 cm³/mol. The molecule has 0 spiro atoms. The highest BCUT2D eigenvalue weighted by Crippen LogP contribution is 2.38. The Balaban J connectivity index is 2.33. The van der Waals surface area contributed by atoms with Gasteiger partial charge in [-0.15, -0.1) is 0 Å². The summed E-state index contributed by atoms with van der Waals surface area (Å²) in [5.74, 6) is -9.58. The zero-order valence-electron chi connectivity index (χ0n) is 36.4. The van der Waals surface area contributed by atoms with Crippen molar-refractivity contribution in [3.05, 3.63) is 0 Å². The average molecular weight is 925 g/mol. The van der Waals surface area contributed by atoms with Gasteiger partial charge in [0, 0.05) is 69.2 Å². The fourth-order valence-corrected chi connectivity index (χ4v) is 6.77. The molecule has 26 heteroatoms. The molecule has 3 saturated heterocycles. The smallest absolute Gasteiger partial charge is 0.303 e. The first-order chi connectivity index (χ1) is 29.9. The molecule has 0 radical (unpaired) electrons. The molecular weight excluding hydrogens is 872 g/mol. The van der Waals surface area contributed by atoms with Gasteiger partial charge in [-0.05, 0) is 0 Å². The molecule has 3 rings (SSSR count). The van der Waals surface area contributed by atoms with Crippen molar-refractivity contribution in [2.45, 2.75) is 161 Å². The van der Waals surface area contributed by atoms with Gasteiger partial charge >= 0.3 is 59.7 Å². The molecule has 0 aliphatic carbocycles. The van der Waals surface area contributed by atoms with E-state index in [1.807, 2.05) is 0 Å². The first kappa shape index (κ1) is 52.8. The van der Waals surface area contributed by atoms with Crippen LogP contribution >= 0.6 is 0 Å². The molecule has 0 unspecified atom stereocenters. The van der Waals surface area contributed by atoms with E-state index < -0.39 is 172 Å². The van der Waals surface area contributed by atoms with Crippen LogP contribution in [0, 0.1) is 0 Å². The summed E-state index contributed by atoms with van der Waals surface area (Å²) >= 11 is 0. The summed E-state index contributed by atoms with van der Waals surface area (Å²) in [4.78, 5) is 124. The second-order valence-corrected chi connectivity index (χ2v) is 14.3. The third kappa shape index (κ3) is 15.6. The van der Waals surface area contributed by atoms with Crippen molar-refractivity contribution in [1.82, 2.24) is 0 Å². The molecule has 3 fully saturated rings. The van der Waals surface area contributed by atoms with E-state index in [1.165, 1.54) is 0 Å². The van der Waals surface area contributed by atoms with Crippen LogP contribution < -0.4 is 0 Å². The van der Waals surface area contributed by atoms with E-state index in [2.05, 4.69) is 0 Å². The van der Waals surface area contributed by atoms with Gasteiger partial charge < -0.3 is 76.2 Å². The summed E-state index contributed by atoms with van der Waals surface area (Å²) < 4.78 is 84.2. The van der Waals surface area contributed by atoms with Gasteiger partial charge in [0.2, 0.25) is 0 Å². The normalized spacial score (nSPS) is 32.3. The standard InChI is InChI=1S/C38H52O26/c1-14(39)50-11-24-27(53-17(4)42)30(56-20(7)45)33(36(49)60-24)63-38-35(32(58-22(9)47)29(55-19(6)44)26(62-38)13-52-16(3)41)64-37-34(59-23(10)48)31(57-21(8)46)28(54-18(5)43)25(61-37)12-51-15(2)40/h24-38,49H,11-13H2,1-10H3/t24-,25-,26-,27-,28-,29-,30+,31+,32+,33+,34+,35+,36-,37-,38-/m1/s1. The molecule has 0 amide bonds. The summed E-state index contributed by atoms with van der Waals surface area (Å²) in [6.07, 6.45) is -27.8. The molecule has 3 aliphatic rings. The summed E-state index contributed by atoms with van der Waals surface area (Å²) in [5.41, 5.74) is 0. The lowest BCUT2D eigenvalue weighted by Gasteiger charge is -2.50. The average Bonchev–Trinajstić information content (AvgIpc) is 3.14. The van der Waals surface area contributed by atoms with Crippen LogP contribution in [0.2, 0.25) is 0 Å². The Hall–Kier alpha value is -5.54. The van der Waals surface area contributed by atoms with E-state index in [4.69, 9.17) is 71.1 Å². The third-order valence-corrected chi connectivity index (χ3v) is 8.84. The second-order valence-electron chi connectivity index (χ2n) is 14.3. The molecule has 0 aromatic heterocycles. The largest absolute Gasteiger partial charge is 0.463 e. The van der Waals surface area contributed by atoms with Crippen molar-refractivity contribution in [3.8, 4) is 0 Å². The van der Waals surface area contributed by atoms with E-state index in [-0.39, 0.29) is 0 Å². The third-order valence-electron chi connectivity index (χ3n) is 8.84. The Bertz CT molecular complexity index is 1730. The molecule has 26 nitrogen and oxygen atoms in total. The lowest BCUT2D eigenvalue weighted by Crippen LogP contribution is -2.69. The zero-order chi connectivity index (χ0) is 48.2. The van der Waals surface area contributed by atoms with Crippen LogP contribution in [0.4, 0.5) is 0 Å². The molecule has 0 bridgehead atoms. The first-order valence-electron chi connectivity index (χ1n) is 19.4. The van der Waals surface area contributed by atoms with Gasteiger partial charge in [-0.25, -0.2) is 0 Å². The maximum Gasteiger partial charge on any atom is 0.303 e. The molecule has 0 saturated carbocycles. The zero-order valence-corrected chi connectivity index (χ0v) is 36.4. The quantitative estimate of drug-likeness (QED) is 0.123. The van der Waals surface area contributed by atoms with Crippen molar-refractivity contribution in [3.63, 3.8) is 0 Å². The van der Waals surface area contributed by atoms with E-state index in [1.54, 1.807) is 0 Å². The molecule has 0 aromatic carbocycles. The minimum atomic E-state index is -2.18. The van der Waals surface area contributed by atoms with Crippen molar-refractivity contribution in [2.75, 3.05) is 19.8 Å². The second kappa shape index (κ2) is 23.9. The van der Waals surface area contributed by atoms with Gasteiger partial charge in [0.15, 0.2) is 73.8 Å². The number of aliphatic hydroxyl groups is 1. The Labute approximate surface area is 364 Å². The highest BCUT2D eigenvalue weighted by Gasteiger charge is 2.60. The number of ether oxygens (including phenoxy) is 15. The summed E-state index contributed by atoms with van der Waals surface area (Å²) in [7, 11) is 0. The van der Waals surface area contributed by atoms with E-state index in [0.717, 1.165) is 69.2 Å². The Morgan fingerprint density at radius 2 is 0.578 bits per heavy atom. The SMILES string of the molecule is CC(=O)OC[C@H]1O[C@H](O[C@@H]2[C@@H](O[C@H]3[C@@H](OC(C)=O)[C@H](OC(C)=O)[C@@H](COC(C)=O)O[C@H]3O)O[C@H](COC(C)=O)[C@@H](OC(C)=O)[C@@H]2OC(C)=O)[C@@H](OC(C)=O)[C@@H](OC(C)=O)[C@@H]1OC(C)=O. The topological polar surface area (TPSA) is 329 Å². The number of aliphatic hydroxyl groups excluding tert-OH is 1. The van der Waals surface area contributed by atoms with Gasteiger partial charge in [-0.2, -0.15) is 0 Å². The van der Waals surface area contributed by atoms with Crippen LogP contribution in [0.3, 0.4) is 0 Å². The van der Waals surface area contributed by atoms with E-state index in [9.17, 15) is 53.1 Å². The molecular formula is C38H52O26. The van der Waals surface area contributed by atoms with Gasteiger partial charge in [0.25, 0.3) is 0 Å². The summed E-state index contributed by atoms with van der Waals surface area (Å²) in [6.45, 7) is 7.73. The summed E-state index contributed by atoms with van der Waals surface area (Å²) in [5, 5.41) is 11.4. The van der Waals surface area contributed by atoms with Crippen molar-refractivity contribution in [2.24, 2.45) is 0 Å². The molecule has 3 aliphatic heterocycles. The Kier molecular flexibility index (Phi) is 19.8. The lowest BCUT2D eigenvalue weighted by atomic mass is 9.95. The van der Waals surface area contributed by atoms with Gasteiger partial charge in [-0.1, -0.05) is 0 Å². The minimum absolute atomic E-state index is 0.646. The minimum Gasteiger partial charge on any atom is -0.463 e. The van der Waals surface area contributed by atoms with Crippen LogP contribution in [0.5, 0.6) is 0 Å². The predicted octanol–water partition coefficient (Wildman–Crippen LogP) is -1.86. The number of hydrogen-bond donors (Lipinski definition) is 1. The monoisotopic (exact) mass is 924 g/mol. The van der Waals surface area contributed by atoms with Gasteiger partial charge in [-0.3, -0.25) is 47.9 Å². The van der Waals surface area contributed by atoms with E-state index >= 15 is 0 Å². The van der Waals surface area contributed by atoms with Crippen LogP contribution in [0.1, 0.15) is 69.2 Å². The molecule has 3 heterocycles. The molecule has 360 valence electrons. The maximum atomic E-state index is 12.9. The summed E-state index contributed by atoms with van der Waals surface area (Å²) in [6, 6.07) is 0. The van der Waals surface area contributed by atoms with Crippen molar-refractivity contribution >= 4 is 59.7 Å². The first-order valence-corrected chi connectivity index (χ1v) is 19.4. The van der Waals surface area contributed by atoms with Gasteiger partial charge in [0.05, 0.1) is 0 Å². The number of hydrogen-bond acceptors (Lipinski definition) is 26. The van der Waals surface area contributed by atoms with Gasteiger partial charge in [0.1, 0.15) is 38.1 Å². The van der Waals surface area contributed by atoms with Crippen LogP contribution in [-0.2, 0) is 119 Å². The molecule has 64 heavy (non-hydrogen) atoms. The number of esters is 10. The highest BCUT2D eigenvalue weighted by molar-refractivity contribution is 5.70. The molecule has 1 N–H and O–H groups in total. The van der Waals surface area contributed by atoms with Crippen molar-refractivity contribution in [1.29, 1.82) is 0 Å². The maximum absolute atomic E-state index is 12.9. The molecule has 0 aromatic rings.